The molecule has 1 aromatic heterocycles. The lowest BCUT2D eigenvalue weighted by molar-refractivity contribution is -0.131. The lowest BCUT2D eigenvalue weighted by atomic mass is 9.99. The van der Waals surface area contributed by atoms with Crippen LogP contribution in [-0.4, -0.2) is 84.1 Å². The van der Waals surface area contributed by atoms with Crippen molar-refractivity contribution in [1.29, 1.82) is 5.26 Å². The van der Waals surface area contributed by atoms with Crippen LogP contribution in [0.2, 0.25) is 0 Å². The van der Waals surface area contributed by atoms with Crippen molar-refractivity contribution in [1.82, 2.24) is 19.8 Å². The highest BCUT2D eigenvalue weighted by molar-refractivity contribution is 5.97. The summed E-state index contributed by atoms with van der Waals surface area (Å²) in [4.78, 5) is 30.7. The molecule has 0 spiro atoms. The van der Waals surface area contributed by atoms with Gasteiger partial charge in [0.2, 0.25) is 0 Å². The maximum Gasteiger partial charge on any atom is 0.318 e. The number of nitrogens with zero attached hydrogens (tertiary/aromatic N) is 7. The van der Waals surface area contributed by atoms with Gasteiger partial charge in [0, 0.05) is 55.4 Å². The molecule has 2 saturated heterocycles. The van der Waals surface area contributed by atoms with Crippen LogP contribution >= 0.6 is 0 Å². The summed E-state index contributed by atoms with van der Waals surface area (Å²) in [5.41, 5.74) is 4.39. The molecule has 2 aromatic carbocycles. The van der Waals surface area contributed by atoms with E-state index in [1.54, 1.807) is 0 Å². The van der Waals surface area contributed by atoms with Gasteiger partial charge < -0.3 is 19.4 Å². The number of ether oxygens (including phenoxy) is 1. The number of carbonyl (C=O) groups is 1. The highest BCUT2D eigenvalue weighted by atomic mass is 19.1. The van der Waals surface area contributed by atoms with Crippen molar-refractivity contribution in [2.45, 2.75) is 51.7 Å². The Hall–Kier alpha value is -4.23. The number of aryl methyl sites for hydroxylation is 1. The molecule has 4 heterocycles. The molecule has 230 valence electrons. The van der Waals surface area contributed by atoms with Crippen molar-refractivity contribution in [3.05, 3.63) is 65.6 Å². The third kappa shape index (κ3) is 5.81. The molecular weight excluding hydrogens is 557 g/mol. The van der Waals surface area contributed by atoms with Gasteiger partial charge in [-0.2, -0.15) is 15.2 Å². The Morgan fingerprint density at radius 3 is 2.64 bits per heavy atom. The van der Waals surface area contributed by atoms with Gasteiger partial charge in [0.1, 0.15) is 12.4 Å². The van der Waals surface area contributed by atoms with Crippen molar-refractivity contribution < 1.29 is 13.9 Å². The molecule has 44 heavy (non-hydrogen) atoms. The fourth-order valence-corrected chi connectivity index (χ4v) is 7.17. The van der Waals surface area contributed by atoms with Crippen molar-refractivity contribution in [3.8, 4) is 12.1 Å². The van der Waals surface area contributed by atoms with Gasteiger partial charge in [0.15, 0.2) is 5.83 Å². The number of piperazine rings is 1. The number of rotatable bonds is 7. The quantitative estimate of drug-likeness (QED) is 0.364. The number of amides is 1. The van der Waals surface area contributed by atoms with Gasteiger partial charge in [0.05, 0.1) is 30.8 Å². The summed E-state index contributed by atoms with van der Waals surface area (Å²) in [5.74, 6) is -0.371. The van der Waals surface area contributed by atoms with E-state index in [1.807, 2.05) is 0 Å². The number of carbonyl (C=O) groups excluding carboxylic acids is 1. The van der Waals surface area contributed by atoms with Crippen molar-refractivity contribution in [3.63, 3.8) is 0 Å². The van der Waals surface area contributed by atoms with Gasteiger partial charge in [-0.1, -0.05) is 43.8 Å². The largest absolute Gasteiger partial charge is 0.462 e. The molecule has 1 amide bonds. The molecule has 1 unspecified atom stereocenters. The number of benzene rings is 2. The van der Waals surface area contributed by atoms with Crippen LogP contribution in [0, 0.1) is 24.2 Å². The summed E-state index contributed by atoms with van der Waals surface area (Å²) in [6.45, 7) is 11.6. The van der Waals surface area contributed by atoms with Gasteiger partial charge >= 0.3 is 6.01 Å². The van der Waals surface area contributed by atoms with Crippen LogP contribution in [0.15, 0.2) is 48.8 Å². The molecule has 2 fully saturated rings. The molecule has 3 aromatic rings. The second-order valence-electron chi connectivity index (χ2n) is 12.5. The third-order valence-electron chi connectivity index (χ3n) is 9.36. The smallest absolute Gasteiger partial charge is 0.318 e. The topological polar surface area (TPSA) is 88.8 Å². The fourth-order valence-electron chi connectivity index (χ4n) is 7.17. The molecule has 0 radical (unpaired) electrons. The van der Waals surface area contributed by atoms with E-state index in [0.717, 1.165) is 43.0 Å². The number of fused-ring (bicyclic) bond motifs is 2. The number of hydrogen-bond donors (Lipinski definition) is 0. The molecule has 0 bridgehead atoms. The Morgan fingerprint density at radius 2 is 1.91 bits per heavy atom. The maximum atomic E-state index is 13.8. The molecule has 3 aliphatic rings. The Balaban J connectivity index is 1.34. The zero-order valence-electron chi connectivity index (χ0n) is 25.8. The average molecular weight is 598 g/mol. The van der Waals surface area contributed by atoms with E-state index in [-0.39, 0.29) is 13.0 Å². The predicted octanol–water partition coefficient (Wildman–Crippen LogP) is 4.63. The minimum atomic E-state index is -1.01. The van der Waals surface area contributed by atoms with Crippen molar-refractivity contribution >= 4 is 28.2 Å². The normalized spacial score (nSPS) is 22.2. The SMILES string of the molecule is C=C(F)C(=O)N1CCN(c2nc(OC[C@@H]3C[C@H](C)CN3C)nc3c2CCN(c2cccc4cccc(C)c24)C3)CC1CC#N. The van der Waals surface area contributed by atoms with E-state index in [4.69, 9.17) is 14.7 Å². The monoisotopic (exact) mass is 597 g/mol. The van der Waals surface area contributed by atoms with Crippen LogP contribution in [0.5, 0.6) is 6.01 Å². The van der Waals surface area contributed by atoms with Crippen LogP contribution in [0.25, 0.3) is 10.8 Å². The molecule has 6 rings (SSSR count). The molecule has 9 nitrogen and oxygen atoms in total. The lowest BCUT2D eigenvalue weighted by Gasteiger charge is -2.42. The van der Waals surface area contributed by atoms with Gasteiger partial charge in [-0.3, -0.25) is 9.69 Å². The van der Waals surface area contributed by atoms with E-state index in [1.165, 1.54) is 26.9 Å². The molecule has 3 aliphatic heterocycles. The number of likely N-dealkylation sites (N-methyl/N-ethyl adjacent to an activating group) is 1. The predicted molar refractivity (Wildman–Crippen MR) is 169 cm³/mol. The zero-order valence-corrected chi connectivity index (χ0v) is 25.8. The third-order valence-corrected chi connectivity index (χ3v) is 9.36. The summed E-state index contributed by atoms with van der Waals surface area (Å²) in [6, 6.07) is 15.2. The number of nitriles is 1. The fraction of sp³-hybridized carbons (Fsp3) is 0.471. The number of anilines is 2. The number of aromatic nitrogens is 2. The van der Waals surface area contributed by atoms with E-state index in [2.05, 4.69) is 84.6 Å². The van der Waals surface area contributed by atoms with E-state index < -0.39 is 17.8 Å². The first-order valence-corrected chi connectivity index (χ1v) is 15.5. The summed E-state index contributed by atoms with van der Waals surface area (Å²) in [6.07, 6.45) is 1.89. The van der Waals surface area contributed by atoms with Crippen LogP contribution in [0.3, 0.4) is 0 Å². The molecule has 0 saturated carbocycles. The number of likely N-dealkylation sites (tertiary alicyclic amines) is 1. The average Bonchev–Trinajstić information content (AvgIpc) is 3.35. The van der Waals surface area contributed by atoms with E-state index >= 15 is 0 Å². The summed E-state index contributed by atoms with van der Waals surface area (Å²) in [7, 11) is 2.13. The van der Waals surface area contributed by atoms with Gasteiger partial charge in [0.25, 0.3) is 5.91 Å². The minimum absolute atomic E-state index is 0.0898. The van der Waals surface area contributed by atoms with E-state index in [0.29, 0.717) is 44.2 Å². The molecule has 0 aliphatic carbocycles. The van der Waals surface area contributed by atoms with Crippen LogP contribution < -0.4 is 14.5 Å². The lowest BCUT2D eigenvalue weighted by Crippen LogP contribution is -2.55. The molecule has 3 atom stereocenters. The first-order chi connectivity index (χ1) is 21.2. The van der Waals surface area contributed by atoms with E-state index in [9.17, 15) is 14.4 Å². The second kappa shape index (κ2) is 12.4. The highest BCUT2D eigenvalue weighted by Crippen LogP contribution is 2.36. The maximum absolute atomic E-state index is 13.8. The van der Waals surface area contributed by atoms with Crippen LogP contribution in [0.4, 0.5) is 15.9 Å². The van der Waals surface area contributed by atoms with Gasteiger partial charge in [-0.25, -0.2) is 4.39 Å². The minimum Gasteiger partial charge on any atom is -0.462 e. The number of hydrogen-bond acceptors (Lipinski definition) is 8. The van der Waals surface area contributed by atoms with Crippen molar-refractivity contribution in [2.24, 2.45) is 5.92 Å². The first-order valence-electron chi connectivity index (χ1n) is 15.5. The Kier molecular flexibility index (Phi) is 8.41. The zero-order chi connectivity index (χ0) is 31.0. The standard InChI is InChI=1S/C34H40FN7O2/c1-22-17-27(39(4)18-22)21-44-34-37-29-20-40(30-10-6-9-25-8-5-7-23(2)31(25)30)14-12-28(29)32(38-34)41-15-16-42(33(43)24(3)35)26(19-41)11-13-36/h5-10,22,26-27H,3,11-12,14-21H2,1-2,4H3/t22-,26?,27-/m0/s1. The van der Waals surface area contributed by atoms with Gasteiger partial charge in [-0.05, 0) is 49.7 Å². The first kappa shape index (κ1) is 29.8. The van der Waals surface area contributed by atoms with Crippen LogP contribution in [-0.2, 0) is 17.8 Å². The Labute approximate surface area is 258 Å². The van der Waals surface area contributed by atoms with Crippen LogP contribution in [0.1, 0.15) is 36.6 Å². The highest BCUT2D eigenvalue weighted by Gasteiger charge is 2.35. The Morgan fingerprint density at radius 1 is 1.11 bits per heavy atom. The molecule has 10 heteroatoms. The Bertz CT molecular complexity index is 1620. The molecular formula is C34H40FN7O2. The van der Waals surface area contributed by atoms with Crippen molar-refractivity contribution in [2.75, 3.05) is 56.2 Å². The number of halogens is 1. The molecule has 0 N–H and O–H groups in total. The summed E-state index contributed by atoms with van der Waals surface area (Å²) < 4.78 is 20.1. The second-order valence-corrected chi connectivity index (χ2v) is 12.5. The van der Waals surface area contributed by atoms with Gasteiger partial charge in [-0.15, -0.1) is 0 Å². The summed E-state index contributed by atoms with van der Waals surface area (Å²) >= 11 is 0. The summed E-state index contributed by atoms with van der Waals surface area (Å²) in [5, 5.41) is 12.0.